The molecule has 90 valence electrons. The van der Waals surface area contributed by atoms with Gasteiger partial charge in [-0.15, -0.1) is 10.0 Å². The van der Waals surface area contributed by atoms with Crippen LogP contribution >= 0.6 is 0 Å². The minimum atomic E-state index is -0.331. The molecule has 3 N–H and O–H groups in total. The monoisotopic (exact) mass is 240 g/mol. The van der Waals surface area contributed by atoms with Crippen molar-refractivity contribution in [3.05, 3.63) is 59.5 Å². The van der Waals surface area contributed by atoms with Gasteiger partial charge in [0.25, 0.3) is 5.96 Å². The van der Waals surface area contributed by atoms with Crippen molar-refractivity contribution in [2.75, 3.05) is 5.43 Å². The summed E-state index contributed by atoms with van der Waals surface area (Å²) in [5.74, 6) is -0.331. The Balaban J connectivity index is 2.13. The highest BCUT2D eigenvalue weighted by Gasteiger charge is 1.96. The van der Waals surface area contributed by atoms with Crippen molar-refractivity contribution in [2.45, 2.75) is 0 Å². The van der Waals surface area contributed by atoms with Crippen LogP contribution in [0.5, 0.6) is 0 Å². The molecule has 0 fully saturated rings. The smallest absolute Gasteiger partial charge is 0.279 e. The maximum atomic E-state index is 10.0. The summed E-state index contributed by atoms with van der Waals surface area (Å²) < 4.78 is 0. The number of nitroso groups, excluding NO2 is 1. The van der Waals surface area contributed by atoms with Crippen LogP contribution in [0.25, 0.3) is 11.1 Å². The van der Waals surface area contributed by atoms with E-state index in [1.165, 1.54) is 0 Å². The summed E-state index contributed by atoms with van der Waals surface area (Å²) in [7, 11) is 0. The number of nitrogens with zero attached hydrogens (tertiary/aromatic N) is 2. The Morgan fingerprint density at radius 3 is 2.17 bits per heavy atom. The molecule has 0 atom stereocenters. The number of benzene rings is 2. The number of guanidine groups is 1. The van der Waals surface area contributed by atoms with Crippen LogP contribution < -0.4 is 11.2 Å². The Kier molecular flexibility index (Phi) is 3.66. The highest BCUT2D eigenvalue weighted by Crippen LogP contribution is 2.20. The summed E-state index contributed by atoms with van der Waals surface area (Å²) in [5.41, 5.74) is 10.8. The van der Waals surface area contributed by atoms with Crippen LogP contribution in [0.4, 0.5) is 5.69 Å². The molecule has 0 radical (unpaired) electrons. The van der Waals surface area contributed by atoms with Crippen LogP contribution in [-0.2, 0) is 0 Å². The highest BCUT2D eigenvalue weighted by molar-refractivity contribution is 5.79. The van der Waals surface area contributed by atoms with Gasteiger partial charge in [-0.25, -0.2) is 0 Å². The molecule has 2 aromatic rings. The Hall–Kier alpha value is -2.69. The van der Waals surface area contributed by atoms with Crippen LogP contribution in [0.15, 0.2) is 64.9 Å². The second kappa shape index (κ2) is 5.58. The maximum absolute atomic E-state index is 10.0. The average Bonchev–Trinajstić information content (AvgIpc) is 2.46. The average molecular weight is 240 g/mol. The third-order valence-electron chi connectivity index (χ3n) is 2.39. The van der Waals surface area contributed by atoms with Gasteiger partial charge in [-0.2, -0.15) is 0 Å². The normalized spacial score (nSPS) is 11.0. The highest BCUT2D eigenvalue weighted by atomic mass is 16.3. The lowest BCUT2D eigenvalue weighted by atomic mass is 10.1. The summed E-state index contributed by atoms with van der Waals surface area (Å²) in [6.07, 6.45) is 0. The van der Waals surface area contributed by atoms with Crippen LogP contribution in [0.3, 0.4) is 0 Å². The van der Waals surface area contributed by atoms with E-state index in [1.807, 2.05) is 54.6 Å². The van der Waals surface area contributed by atoms with Gasteiger partial charge in [-0.3, -0.25) is 5.43 Å². The van der Waals surface area contributed by atoms with Crippen LogP contribution in [0, 0.1) is 4.91 Å². The van der Waals surface area contributed by atoms with Crippen molar-refractivity contribution in [1.82, 2.24) is 0 Å². The zero-order valence-corrected chi connectivity index (χ0v) is 9.58. The molecular formula is C13H12N4O. The van der Waals surface area contributed by atoms with Crippen molar-refractivity contribution in [1.29, 1.82) is 0 Å². The minimum Gasteiger partial charge on any atom is -0.364 e. The Labute approximate surface area is 104 Å². The van der Waals surface area contributed by atoms with Crippen molar-refractivity contribution in [3.63, 3.8) is 0 Å². The fourth-order valence-corrected chi connectivity index (χ4v) is 1.51. The number of hydrogen-bond acceptors (Lipinski definition) is 3. The van der Waals surface area contributed by atoms with Gasteiger partial charge in [0.1, 0.15) is 0 Å². The molecular weight excluding hydrogens is 228 g/mol. The molecule has 0 unspecified atom stereocenters. The molecule has 0 aromatic heterocycles. The van der Waals surface area contributed by atoms with Crippen molar-refractivity contribution >= 4 is 11.6 Å². The van der Waals surface area contributed by atoms with Gasteiger partial charge in [0.15, 0.2) is 0 Å². The predicted molar refractivity (Wildman–Crippen MR) is 72.9 cm³/mol. The molecule has 0 heterocycles. The van der Waals surface area contributed by atoms with E-state index < -0.39 is 0 Å². The van der Waals surface area contributed by atoms with Crippen molar-refractivity contribution in [2.24, 2.45) is 16.0 Å². The van der Waals surface area contributed by atoms with Crippen molar-refractivity contribution in [3.8, 4) is 11.1 Å². The molecule has 5 heteroatoms. The standard InChI is InChI=1S/C13H12N4O/c14-13(17-18)16-15-12-8-6-11(7-9-12)10-4-2-1-3-5-10/h1-9,15H,(H2,14,16). The molecule has 2 aromatic carbocycles. The van der Waals surface area contributed by atoms with Gasteiger partial charge in [0.05, 0.1) is 5.69 Å². The molecule has 2 rings (SSSR count). The van der Waals surface area contributed by atoms with E-state index in [1.54, 1.807) is 0 Å². The first-order valence-electron chi connectivity index (χ1n) is 5.37. The fourth-order valence-electron chi connectivity index (χ4n) is 1.51. The van der Waals surface area contributed by atoms with Crippen LogP contribution in [-0.4, -0.2) is 5.96 Å². The summed E-state index contributed by atoms with van der Waals surface area (Å²) in [4.78, 5) is 10.0. The van der Waals surface area contributed by atoms with Gasteiger partial charge in [-0.1, -0.05) is 42.5 Å². The van der Waals surface area contributed by atoms with Crippen LogP contribution in [0.1, 0.15) is 0 Å². The van der Waals surface area contributed by atoms with Gasteiger partial charge in [0.2, 0.25) is 0 Å². The minimum absolute atomic E-state index is 0.331. The number of rotatable bonds is 3. The molecule has 18 heavy (non-hydrogen) atoms. The van der Waals surface area contributed by atoms with E-state index in [-0.39, 0.29) is 5.96 Å². The molecule has 0 saturated heterocycles. The molecule has 0 bridgehead atoms. The number of nitrogens with two attached hydrogens (primary N) is 1. The van der Waals surface area contributed by atoms with Gasteiger partial charge >= 0.3 is 0 Å². The zero-order valence-electron chi connectivity index (χ0n) is 9.58. The van der Waals surface area contributed by atoms with E-state index in [9.17, 15) is 4.91 Å². The quantitative estimate of drug-likeness (QED) is 0.374. The van der Waals surface area contributed by atoms with E-state index in [0.29, 0.717) is 0 Å². The summed E-state index contributed by atoms with van der Waals surface area (Å²) >= 11 is 0. The summed E-state index contributed by atoms with van der Waals surface area (Å²) in [6, 6.07) is 17.6. The largest absolute Gasteiger partial charge is 0.364 e. The first-order chi connectivity index (χ1) is 8.79. The van der Waals surface area contributed by atoms with Crippen LogP contribution in [0.2, 0.25) is 0 Å². The number of anilines is 1. The second-order valence-corrected chi connectivity index (χ2v) is 3.62. The van der Waals surface area contributed by atoms with E-state index in [2.05, 4.69) is 15.7 Å². The van der Waals surface area contributed by atoms with Gasteiger partial charge in [-0.05, 0) is 23.3 Å². The summed E-state index contributed by atoms with van der Waals surface area (Å²) in [5, 5.41) is 6.06. The lowest BCUT2D eigenvalue weighted by Crippen LogP contribution is -2.09. The molecule has 0 spiro atoms. The number of nitrogens with one attached hydrogen (secondary N) is 1. The lowest BCUT2D eigenvalue weighted by molar-refractivity contribution is 1.28. The molecule has 0 aliphatic heterocycles. The Morgan fingerprint density at radius 1 is 0.944 bits per heavy atom. The Bertz CT molecular complexity index is 549. The third-order valence-corrected chi connectivity index (χ3v) is 2.39. The zero-order chi connectivity index (χ0) is 12.8. The Morgan fingerprint density at radius 2 is 1.56 bits per heavy atom. The molecule has 0 aliphatic rings. The van der Waals surface area contributed by atoms with Crippen molar-refractivity contribution < 1.29 is 0 Å². The topological polar surface area (TPSA) is 79.8 Å². The first kappa shape index (κ1) is 11.8. The molecule has 0 amide bonds. The first-order valence-corrected chi connectivity index (χ1v) is 5.37. The van der Waals surface area contributed by atoms with E-state index in [0.717, 1.165) is 16.8 Å². The van der Waals surface area contributed by atoms with E-state index in [4.69, 9.17) is 5.73 Å². The second-order valence-electron chi connectivity index (χ2n) is 3.62. The lowest BCUT2D eigenvalue weighted by Gasteiger charge is -2.03. The molecule has 5 nitrogen and oxygen atoms in total. The SMILES string of the molecule is N/C(N=O)=N\Nc1ccc(-c2ccccc2)cc1. The van der Waals surface area contributed by atoms with Gasteiger partial charge < -0.3 is 5.73 Å². The predicted octanol–water partition coefficient (Wildman–Crippen LogP) is 2.76. The molecule has 0 saturated carbocycles. The summed E-state index contributed by atoms with van der Waals surface area (Å²) in [6.45, 7) is 0. The molecule has 0 aliphatic carbocycles. The van der Waals surface area contributed by atoms with E-state index >= 15 is 0 Å². The number of hydrogen-bond donors (Lipinski definition) is 2. The maximum Gasteiger partial charge on any atom is 0.279 e. The third kappa shape index (κ3) is 2.91. The fraction of sp³-hybridized carbons (Fsp3) is 0. The number of hydrazone groups is 1. The van der Waals surface area contributed by atoms with Gasteiger partial charge in [0, 0.05) is 5.18 Å².